The van der Waals surface area contributed by atoms with Gasteiger partial charge in [-0.25, -0.2) is 0 Å². The molecule has 0 radical (unpaired) electrons. The Morgan fingerprint density at radius 2 is 1.16 bits per heavy atom. The third-order valence-electron chi connectivity index (χ3n) is 7.90. The molecule has 0 aliphatic carbocycles. The molecule has 1 N–H and O–H groups in total. The Kier molecular flexibility index (Phi) is 31.0. The molecule has 0 unspecified atom stereocenters. The number of rotatable bonds is 32. The molecule has 0 aliphatic rings. The summed E-state index contributed by atoms with van der Waals surface area (Å²) in [5.74, 6) is 0.301. The van der Waals surface area contributed by atoms with Crippen LogP contribution in [0.25, 0.3) is 0 Å². The van der Waals surface area contributed by atoms with Crippen molar-refractivity contribution in [2.75, 3.05) is 13.2 Å². The first-order valence-electron chi connectivity index (χ1n) is 18.2. The maximum Gasteiger partial charge on any atom is 0.306 e. The van der Waals surface area contributed by atoms with E-state index in [0.717, 1.165) is 63.7 Å². The van der Waals surface area contributed by atoms with Crippen LogP contribution in [-0.2, 0) is 23.9 Å². The molecule has 0 spiro atoms. The van der Waals surface area contributed by atoms with Gasteiger partial charge in [-0.3, -0.25) is 14.4 Å². The van der Waals surface area contributed by atoms with Crippen LogP contribution >= 0.6 is 0 Å². The van der Waals surface area contributed by atoms with Crippen molar-refractivity contribution in [1.29, 1.82) is 0 Å². The summed E-state index contributed by atoms with van der Waals surface area (Å²) in [6.07, 6.45) is 31.9. The Bertz CT molecular complexity index is 742. The molecule has 0 aromatic rings. The summed E-state index contributed by atoms with van der Waals surface area (Å²) < 4.78 is 10.5. The van der Waals surface area contributed by atoms with E-state index >= 15 is 0 Å². The van der Waals surface area contributed by atoms with Gasteiger partial charge in [0.25, 0.3) is 0 Å². The molecule has 0 saturated heterocycles. The molecule has 6 nitrogen and oxygen atoms in total. The Hall–Kier alpha value is -1.95. The molecule has 0 aromatic carbocycles. The highest BCUT2D eigenvalue weighted by molar-refractivity contribution is 5.89. The van der Waals surface area contributed by atoms with Gasteiger partial charge in [-0.2, -0.15) is 0 Å². The molecule has 0 fully saturated rings. The number of unbranched alkanes of at least 4 members (excludes halogenated alkanes) is 17. The number of aliphatic hydroxyl groups excluding tert-OH is 1. The van der Waals surface area contributed by atoms with Crippen LogP contribution in [0.1, 0.15) is 175 Å². The average Bonchev–Trinajstić information content (AvgIpc) is 3.00. The topological polar surface area (TPSA) is 89.9 Å². The maximum atomic E-state index is 12.1. The van der Waals surface area contributed by atoms with Gasteiger partial charge >= 0.3 is 11.9 Å². The van der Waals surface area contributed by atoms with E-state index in [1.165, 1.54) is 77.0 Å². The molecule has 0 bridgehead atoms. The lowest BCUT2D eigenvalue weighted by molar-refractivity contribution is -0.161. The van der Waals surface area contributed by atoms with E-state index in [1.807, 2.05) is 12.2 Å². The van der Waals surface area contributed by atoms with E-state index in [1.54, 1.807) is 6.08 Å². The summed E-state index contributed by atoms with van der Waals surface area (Å²) in [4.78, 5) is 36.1. The van der Waals surface area contributed by atoms with Crippen LogP contribution < -0.4 is 0 Å². The van der Waals surface area contributed by atoms with E-state index in [-0.39, 0.29) is 30.9 Å². The van der Waals surface area contributed by atoms with Crippen LogP contribution in [0, 0.1) is 5.92 Å². The minimum absolute atomic E-state index is 0.109. The number of allylic oxidation sites excluding steroid dienone is 4. The SMILES string of the molecule is CCCCC/C=C\C=C\C(=O)CCCCCCCC(=O)OC[C@H](CO)OC(=O)CCCCCCCCCCCCCC(C)C. The predicted molar refractivity (Wildman–Crippen MR) is 183 cm³/mol. The molecule has 0 saturated carbocycles. The van der Waals surface area contributed by atoms with Gasteiger partial charge < -0.3 is 14.6 Å². The van der Waals surface area contributed by atoms with Gasteiger partial charge in [-0.15, -0.1) is 0 Å². The summed E-state index contributed by atoms with van der Waals surface area (Å²) in [6, 6.07) is 0. The lowest BCUT2D eigenvalue weighted by Crippen LogP contribution is -2.28. The molecular formula is C38H68O6. The molecule has 256 valence electrons. The van der Waals surface area contributed by atoms with Crippen LogP contribution in [-0.4, -0.2) is 42.1 Å². The Labute approximate surface area is 270 Å². The van der Waals surface area contributed by atoms with Crippen LogP contribution in [0.4, 0.5) is 0 Å². The van der Waals surface area contributed by atoms with Gasteiger partial charge in [0.05, 0.1) is 6.61 Å². The van der Waals surface area contributed by atoms with Gasteiger partial charge in [0, 0.05) is 19.3 Å². The molecule has 0 rings (SSSR count). The second-order valence-corrected chi connectivity index (χ2v) is 12.8. The van der Waals surface area contributed by atoms with E-state index in [0.29, 0.717) is 19.3 Å². The van der Waals surface area contributed by atoms with Crippen LogP contribution in [0.3, 0.4) is 0 Å². The highest BCUT2D eigenvalue weighted by Gasteiger charge is 2.16. The first-order valence-corrected chi connectivity index (χ1v) is 18.2. The molecule has 6 heteroatoms. The number of hydrogen-bond donors (Lipinski definition) is 1. The van der Waals surface area contributed by atoms with Gasteiger partial charge in [0.15, 0.2) is 11.9 Å². The minimum Gasteiger partial charge on any atom is -0.462 e. The summed E-state index contributed by atoms with van der Waals surface area (Å²) in [5.41, 5.74) is 0. The smallest absolute Gasteiger partial charge is 0.306 e. The molecule has 0 aromatic heterocycles. The van der Waals surface area contributed by atoms with Gasteiger partial charge in [-0.1, -0.05) is 142 Å². The third-order valence-corrected chi connectivity index (χ3v) is 7.90. The zero-order chi connectivity index (χ0) is 32.5. The zero-order valence-electron chi connectivity index (χ0n) is 28.8. The first kappa shape index (κ1) is 42.0. The summed E-state index contributed by atoms with van der Waals surface area (Å²) in [7, 11) is 0. The number of aliphatic hydroxyl groups is 1. The number of ketones is 1. The summed E-state index contributed by atoms with van der Waals surface area (Å²) in [5, 5.41) is 9.52. The summed E-state index contributed by atoms with van der Waals surface area (Å²) >= 11 is 0. The summed E-state index contributed by atoms with van der Waals surface area (Å²) in [6.45, 7) is 6.31. The van der Waals surface area contributed by atoms with Crippen LogP contribution in [0.2, 0.25) is 0 Å². The van der Waals surface area contributed by atoms with Crippen LogP contribution in [0.15, 0.2) is 24.3 Å². The number of carbonyl (C=O) groups is 3. The average molecular weight is 621 g/mol. The van der Waals surface area contributed by atoms with Crippen molar-refractivity contribution in [2.24, 2.45) is 5.92 Å². The molecule has 0 aliphatic heterocycles. The van der Waals surface area contributed by atoms with Crippen LogP contribution in [0.5, 0.6) is 0 Å². The quantitative estimate of drug-likeness (QED) is 0.0348. The molecule has 0 heterocycles. The molecule has 1 atom stereocenters. The van der Waals surface area contributed by atoms with Gasteiger partial charge in [0.1, 0.15) is 6.61 Å². The Balaban J connectivity index is 3.66. The van der Waals surface area contributed by atoms with E-state index in [2.05, 4.69) is 26.8 Å². The first-order chi connectivity index (χ1) is 21.4. The Morgan fingerprint density at radius 1 is 0.636 bits per heavy atom. The normalized spacial score (nSPS) is 12.4. The second-order valence-electron chi connectivity index (χ2n) is 12.8. The van der Waals surface area contributed by atoms with E-state index < -0.39 is 6.10 Å². The highest BCUT2D eigenvalue weighted by Crippen LogP contribution is 2.15. The fourth-order valence-electron chi connectivity index (χ4n) is 5.07. The van der Waals surface area contributed by atoms with Crippen molar-refractivity contribution in [3.05, 3.63) is 24.3 Å². The minimum atomic E-state index is -0.806. The van der Waals surface area contributed by atoms with E-state index in [9.17, 15) is 19.5 Å². The standard InChI is InChI=1S/C38H68O6/c1-4-5-6-7-13-18-23-28-35(40)29-24-19-16-21-25-30-37(41)43-33-36(32-39)44-38(42)31-26-20-15-12-10-8-9-11-14-17-22-27-34(2)3/h13,18,23,28,34,36,39H,4-12,14-17,19-22,24-27,29-33H2,1-3H3/b18-13-,28-23+/t36-/m0/s1. The highest BCUT2D eigenvalue weighted by atomic mass is 16.6. The number of esters is 2. The maximum absolute atomic E-state index is 12.1. The third kappa shape index (κ3) is 31.5. The fourth-order valence-corrected chi connectivity index (χ4v) is 5.07. The zero-order valence-corrected chi connectivity index (χ0v) is 28.8. The van der Waals surface area contributed by atoms with Gasteiger partial charge in [0.2, 0.25) is 0 Å². The molecular weight excluding hydrogens is 552 g/mol. The lowest BCUT2D eigenvalue weighted by Gasteiger charge is -2.15. The van der Waals surface area contributed by atoms with Crippen molar-refractivity contribution >= 4 is 17.7 Å². The fraction of sp³-hybridized carbons (Fsp3) is 0.816. The number of carbonyl (C=O) groups excluding carboxylic acids is 3. The van der Waals surface area contributed by atoms with Gasteiger partial charge in [-0.05, 0) is 44.1 Å². The number of ether oxygens (including phenoxy) is 2. The van der Waals surface area contributed by atoms with Crippen molar-refractivity contribution in [1.82, 2.24) is 0 Å². The molecule has 44 heavy (non-hydrogen) atoms. The van der Waals surface area contributed by atoms with Crippen molar-refractivity contribution in [3.63, 3.8) is 0 Å². The van der Waals surface area contributed by atoms with E-state index in [4.69, 9.17) is 9.47 Å². The van der Waals surface area contributed by atoms with Crippen molar-refractivity contribution < 1.29 is 29.0 Å². The Morgan fingerprint density at radius 3 is 1.70 bits per heavy atom. The lowest BCUT2D eigenvalue weighted by atomic mass is 10.0. The molecule has 0 amide bonds. The second kappa shape index (κ2) is 32.4. The number of hydrogen-bond acceptors (Lipinski definition) is 6. The monoisotopic (exact) mass is 621 g/mol. The van der Waals surface area contributed by atoms with Crippen molar-refractivity contribution in [3.8, 4) is 0 Å². The largest absolute Gasteiger partial charge is 0.462 e. The predicted octanol–water partition coefficient (Wildman–Crippen LogP) is 10.2. The van der Waals surface area contributed by atoms with Crippen molar-refractivity contribution in [2.45, 2.75) is 181 Å².